The zero-order valence-corrected chi connectivity index (χ0v) is 22.4. The highest BCUT2D eigenvalue weighted by molar-refractivity contribution is 5.94. The topological polar surface area (TPSA) is 55.8 Å². The number of carbonyl (C=O) groups excluding carboxylic acids is 2. The molecule has 5 nitrogen and oxygen atoms in total. The van der Waals surface area contributed by atoms with Crippen LogP contribution in [0.1, 0.15) is 68.7 Å². The lowest BCUT2D eigenvalue weighted by Crippen LogP contribution is -2.45. The molecule has 0 aromatic heterocycles. The minimum absolute atomic E-state index is 0.134. The number of carbonyl (C=O) groups is 2. The number of benzene rings is 3. The van der Waals surface area contributed by atoms with Crippen LogP contribution in [0, 0.1) is 12.8 Å². The fourth-order valence-electron chi connectivity index (χ4n) is 5.06. The van der Waals surface area contributed by atoms with Gasteiger partial charge in [0.1, 0.15) is 18.0 Å². The molecule has 0 unspecified atom stereocenters. The molecule has 1 heterocycles. The lowest BCUT2D eigenvalue weighted by molar-refractivity contribution is -0.130. The highest BCUT2D eigenvalue weighted by Crippen LogP contribution is 2.39. The molecule has 1 aliphatic rings. The minimum Gasteiger partial charge on any atom is -0.489 e. The summed E-state index contributed by atoms with van der Waals surface area (Å²) in [4.78, 5) is 28.1. The van der Waals surface area contributed by atoms with Crippen molar-refractivity contribution in [1.82, 2.24) is 4.90 Å². The number of ether oxygens (including phenoxy) is 2. The number of nitrogens with zero attached hydrogens (tertiary/aromatic N) is 1. The predicted molar refractivity (Wildman–Crippen MR) is 146 cm³/mol. The van der Waals surface area contributed by atoms with Crippen LogP contribution in [0.3, 0.4) is 0 Å². The van der Waals surface area contributed by atoms with Gasteiger partial charge in [-0.2, -0.15) is 0 Å². The van der Waals surface area contributed by atoms with Gasteiger partial charge in [0, 0.05) is 17.9 Å². The van der Waals surface area contributed by atoms with Gasteiger partial charge in [0.2, 0.25) is 5.91 Å². The van der Waals surface area contributed by atoms with Crippen LogP contribution in [0.2, 0.25) is 0 Å². The Hall–Kier alpha value is -3.60. The summed E-state index contributed by atoms with van der Waals surface area (Å²) < 4.78 is 12.0. The molecule has 1 saturated heterocycles. The van der Waals surface area contributed by atoms with Crippen molar-refractivity contribution in [1.29, 1.82) is 0 Å². The molecule has 194 valence electrons. The second kappa shape index (κ2) is 11.2. The second-order valence-corrected chi connectivity index (χ2v) is 10.9. The van der Waals surface area contributed by atoms with E-state index in [1.165, 1.54) is 4.90 Å². The largest absolute Gasteiger partial charge is 0.489 e. The van der Waals surface area contributed by atoms with E-state index < -0.39 is 11.7 Å². The van der Waals surface area contributed by atoms with E-state index in [0.29, 0.717) is 18.9 Å². The molecule has 3 aromatic carbocycles. The lowest BCUT2D eigenvalue weighted by atomic mass is 9.85. The predicted octanol–water partition coefficient (Wildman–Crippen LogP) is 7.27. The molecule has 3 aromatic rings. The summed E-state index contributed by atoms with van der Waals surface area (Å²) in [5, 5.41) is 0. The van der Waals surface area contributed by atoms with Crippen LogP contribution < -0.4 is 4.74 Å². The standard InChI is InChI=1S/C32H37NO4/c1-22(2)18-29-32(4,5)37-31(35)33(29)30(34)20-26(25-14-10-7-11-15-25)27-19-23(3)16-17-28(27)36-21-24-12-8-6-9-13-24/h6-17,19,22,26,29H,18,20-21H2,1-5H3/t26-,29-/m1/s1. The summed E-state index contributed by atoms with van der Waals surface area (Å²) in [5.74, 6) is 0.536. The maximum atomic E-state index is 13.9. The summed E-state index contributed by atoms with van der Waals surface area (Å²) >= 11 is 0. The first-order valence-corrected chi connectivity index (χ1v) is 13.0. The van der Waals surface area contributed by atoms with Crippen LogP contribution in [-0.2, 0) is 16.1 Å². The average Bonchev–Trinajstić information content (AvgIpc) is 3.09. The van der Waals surface area contributed by atoms with Gasteiger partial charge in [0.25, 0.3) is 0 Å². The lowest BCUT2D eigenvalue weighted by Gasteiger charge is -2.30. The first-order chi connectivity index (χ1) is 17.7. The Morgan fingerprint density at radius 3 is 2.30 bits per heavy atom. The summed E-state index contributed by atoms with van der Waals surface area (Å²) in [6.07, 6.45) is 0.267. The normalized spacial score (nSPS) is 17.5. The minimum atomic E-state index is -0.730. The smallest absolute Gasteiger partial charge is 0.417 e. The van der Waals surface area contributed by atoms with Crippen LogP contribution in [0.15, 0.2) is 78.9 Å². The molecule has 0 radical (unpaired) electrons. The number of amides is 2. The molecular formula is C32H37NO4. The SMILES string of the molecule is Cc1ccc(OCc2ccccc2)c([C@H](CC(=O)N2C(=O)OC(C)(C)[C@H]2CC(C)C)c2ccccc2)c1. The van der Waals surface area contributed by atoms with Crippen molar-refractivity contribution in [3.8, 4) is 5.75 Å². The van der Waals surface area contributed by atoms with Gasteiger partial charge >= 0.3 is 6.09 Å². The molecule has 1 aliphatic heterocycles. The van der Waals surface area contributed by atoms with Gasteiger partial charge in [0.15, 0.2) is 0 Å². The van der Waals surface area contributed by atoms with Crippen molar-refractivity contribution >= 4 is 12.0 Å². The van der Waals surface area contributed by atoms with Crippen molar-refractivity contribution < 1.29 is 19.1 Å². The van der Waals surface area contributed by atoms with Gasteiger partial charge < -0.3 is 9.47 Å². The van der Waals surface area contributed by atoms with E-state index in [1.807, 2.05) is 93.6 Å². The third kappa shape index (κ3) is 6.22. The Bertz CT molecular complexity index is 1220. The molecule has 1 fully saturated rings. The van der Waals surface area contributed by atoms with Gasteiger partial charge in [-0.15, -0.1) is 0 Å². The number of imide groups is 1. The van der Waals surface area contributed by atoms with Crippen molar-refractivity contribution in [2.75, 3.05) is 0 Å². The molecule has 4 rings (SSSR count). The van der Waals surface area contributed by atoms with E-state index >= 15 is 0 Å². The molecule has 2 atom stereocenters. The molecule has 0 bridgehead atoms. The third-order valence-electron chi connectivity index (χ3n) is 6.98. The molecule has 0 spiro atoms. The average molecular weight is 500 g/mol. The van der Waals surface area contributed by atoms with Gasteiger partial charge in [-0.3, -0.25) is 4.79 Å². The van der Waals surface area contributed by atoms with Gasteiger partial charge in [0.05, 0.1) is 6.04 Å². The number of rotatable bonds is 9. The number of hydrogen-bond acceptors (Lipinski definition) is 4. The Balaban J connectivity index is 1.68. The molecule has 5 heteroatoms. The molecular weight excluding hydrogens is 462 g/mol. The fraction of sp³-hybridized carbons (Fsp3) is 0.375. The monoisotopic (exact) mass is 499 g/mol. The first-order valence-electron chi connectivity index (χ1n) is 13.0. The maximum absolute atomic E-state index is 13.9. The van der Waals surface area contributed by atoms with Crippen LogP contribution in [0.25, 0.3) is 0 Å². The van der Waals surface area contributed by atoms with Crippen molar-refractivity contribution in [3.05, 3.63) is 101 Å². The van der Waals surface area contributed by atoms with E-state index in [1.54, 1.807) is 0 Å². The molecule has 0 N–H and O–H groups in total. The molecule has 0 saturated carbocycles. The highest BCUT2D eigenvalue weighted by Gasteiger charge is 2.50. The van der Waals surface area contributed by atoms with Crippen LogP contribution in [0.5, 0.6) is 5.75 Å². The summed E-state index contributed by atoms with van der Waals surface area (Å²) in [7, 11) is 0. The van der Waals surface area contributed by atoms with E-state index in [2.05, 4.69) is 19.9 Å². The zero-order valence-electron chi connectivity index (χ0n) is 22.4. The number of cyclic esters (lactones) is 1. The van der Waals surface area contributed by atoms with Crippen molar-refractivity contribution in [2.45, 2.75) is 71.6 Å². The van der Waals surface area contributed by atoms with Crippen LogP contribution in [-0.4, -0.2) is 28.5 Å². The molecule has 37 heavy (non-hydrogen) atoms. The van der Waals surface area contributed by atoms with Crippen LogP contribution in [0.4, 0.5) is 4.79 Å². The molecule has 2 amide bonds. The van der Waals surface area contributed by atoms with E-state index in [4.69, 9.17) is 9.47 Å². The van der Waals surface area contributed by atoms with E-state index in [9.17, 15) is 9.59 Å². The van der Waals surface area contributed by atoms with Gasteiger partial charge in [-0.05, 0) is 50.3 Å². The summed E-state index contributed by atoms with van der Waals surface area (Å²) in [5.41, 5.74) is 3.35. The second-order valence-electron chi connectivity index (χ2n) is 10.9. The third-order valence-corrected chi connectivity index (χ3v) is 6.98. The quantitative estimate of drug-likeness (QED) is 0.311. The van der Waals surface area contributed by atoms with Crippen molar-refractivity contribution in [3.63, 3.8) is 0 Å². The Morgan fingerprint density at radius 2 is 1.65 bits per heavy atom. The molecule has 0 aliphatic carbocycles. The van der Waals surface area contributed by atoms with Gasteiger partial charge in [-0.25, -0.2) is 9.69 Å². The summed E-state index contributed by atoms with van der Waals surface area (Å²) in [6, 6.07) is 25.8. The van der Waals surface area contributed by atoms with E-state index in [-0.39, 0.29) is 24.3 Å². The first kappa shape index (κ1) is 26.5. The maximum Gasteiger partial charge on any atom is 0.417 e. The highest BCUT2D eigenvalue weighted by atomic mass is 16.6. The van der Waals surface area contributed by atoms with Crippen molar-refractivity contribution in [2.24, 2.45) is 5.92 Å². The Morgan fingerprint density at radius 1 is 1.00 bits per heavy atom. The van der Waals surface area contributed by atoms with Gasteiger partial charge in [-0.1, -0.05) is 92.2 Å². The summed E-state index contributed by atoms with van der Waals surface area (Å²) in [6.45, 7) is 10.4. The van der Waals surface area contributed by atoms with Crippen LogP contribution >= 0.6 is 0 Å². The Kier molecular flexibility index (Phi) is 8.01. The van der Waals surface area contributed by atoms with E-state index in [0.717, 1.165) is 28.0 Å². The number of hydrogen-bond donors (Lipinski definition) is 0. The Labute approximate surface area is 220 Å². The zero-order chi connectivity index (χ0) is 26.6. The fourth-order valence-corrected chi connectivity index (χ4v) is 5.06. The number of aryl methyl sites for hydroxylation is 1.